The van der Waals surface area contributed by atoms with Crippen LogP contribution in [0.4, 0.5) is 0 Å². The van der Waals surface area contributed by atoms with Crippen LogP contribution in [0.5, 0.6) is 11.5 Å². The Morgan fingerprint density at radius 1 is 1.13 bits per heavy atom. The van der Waals surface area contributed by atoms with E-state index < -0.39 is 5.54 Å². The Balaban J connectivity index is 0.00000192. The monoisotopic (exact) mass is 339 g/mol. The molecule has 7 heteroatoms. The van der Waals surface area contributed by atoms with E-state index >= 15 is 0 Å². The molecule has 0 aliphatic heterocycles. The molecular weight excluding hydrogens is 318 g/mol. The highest BCUT2D eigenvalue weighted by molar-refractivity contribution is 5.85. The second kappa shape index (κ2) is 6.76. The van der Waals surface area contributed by atoms with E-state index in [2.05, 4.69) is 10.1 Å². The fraction of sp³-hybridized carbons (Fsp3) is 0.500. The van der Waals surface area contributed by atoms with Crippen molar-refractivity contribution in [3.8, 4) is 23.0 Å². The molecule has 0 radical (unpaired) electrons. The van der Waals surface area contributed by atoms with E-state index in [0.29, 0.717) is 23.2 Å². The van der Waals surface area contributed by atoms with E-state index in [1.165, 1.54) is 0 Å². The molecule has 0 amide bonds. The number of aryl methyl sites for hydroxylation is 1. The Morgan fingerprint density at radius 3 is 2.35 bits per heavy atom. The van der Waals surface area contributed by atoms with Crippen LogP contribution >= 0.6 is 12.4 Å². The molecule has 2 aromatic rings. The first kappa shape index (κ1) is 17.6. The van der Waals surface area contributed by atoms with Crippen molar-refractivity contribution in [3.05, 3.63) is 23.5 Å². The van der Waals surface area contributed by atoms with Gasteiger partial charge in [-0.15, -0.1) is 12.4 Å². The number of hydrogen-bond acceptors (Lipinski definition) is 6. The first-order valence-electron chi connectivity index (χ1n) is 7.43. The van der Waals surface area contributed by atoms with Crippen molar-refractivity contribution in [2.75, 3.05) is 14.2 Å². The van der Waals surface area contributed by atoms with Crippen LogP contribution in [0.3, 0.4) is 0 Å². The number of nitrogens with zero attached hydrogens (tertiary/aromatic N) is 2. The van der Waals surface area contributed by atoms with Gasteiger partial charge in [-0.25, -0.2) is 0 Å². The van der Waals surface area contributed by atoms with Gasteiger partial charge in [0.25, 0.3) is 5.89 Å². The quantitative estimate of drug-likeness (QED) is 0.920. The number of nitrogens with two attached hydrogens (primary N) is 1. The largest absolute Gasteiger partial charge is 0.493 e. The number of aromatic nitrogens is 2. The fourth-order valence-corrected chi connectivity index (χ4v) is 2.98. The molecule has 0 spiro atoms. The third kappa shape index (κ3) is 3.14. The predicted octanol–water partition coefficient (Wildman–Crippen LogP) is 3.21. The van der Waals surface area contributed by atoms with Crippen molar-refractivity contribution in [2.45, 2.75) is 38.1 Å². The SMILES string of the molecule is COc1cc(C)c(-c2nc(C3(N)CCCC3)no2)cc1OC.Cl. The zero-order valence-electron chi connectivity index (χ0n) is 13.6. The van der Waals surface area contributed by atoms with Gasteiger partial charge in [0.2, 0.25) is 0 Å². The van der Waals surface area contributed by atoms with E-state index in [1.807, 2.05) is 19.1 Å². The molecule has 1 aliphatic rings. The topological polar surface area (TPSA) is 83.4 Å². The van der Waals surface area contributed by atoms with Crippen molar-refractivity contribution in [1.29, 1.82) is 0 Å². The van der Waals surface area contributed by atoms with Gasteiger partial charge in [0.05, 0.1) is 19.8 Å². The summed E-state index contributed by atoms with van der Waals surface area (Å²) in [6.07, 6.45) is 4.01. The average Bonchev–Trinajstić information content (AvgIpc) is 3.17. The average molecular weight is 340 g/mol. The standard InChI is InChI=1S/C16H21N3O3.ClH/c1-10-8-12(20-2)13(21-3)9-11(10)14-18-15(19-22-14)16(17)6-4-5-7-16;/h8-9H,4-7,17H2,1-3H3;1H. The number of halogens is 1. The first-order valence-corrected chi connectivity index (χ1v) is 7.43. The lowest BCUT2D eigenvalue weighted by Gasteiger charge is -2.17. The van der Waals surface area contributed by atoms with Crippen LogP contribution < -0.4 is 15.2 Å². The number of ether oxygens (including phenoxy) is 2. The van der Waals surface area contributed by atoms with Crippen LogP contribution in [-0.4, -0.2) is 24.4 Å². The van der Waals surface area contributed by atoms with Crippen LogP contribution in [0.2, 0.25) is 0 Å². The summed E-state index contributed by atoms with van der Waals surface area (Å²) in [6, 6.07) is 3.75. The Kier molecular flexibility index (Phi) is 5.16. The summed E-state index contributed by atoms with van der Waals surface area (Å²) in [5, 5.41) is 4.10. The fourth-order valence-electron chi connectivity index (χ4n) is 2.98. The molecular formula is C16H22ClN3O3. The molecule has 1 aromatic heterocycles. The number of rotatable bonds is 4. The lowest BCUT2D eigenvalue weighted by Crippen LogP contribution is -2.34. The predicted molar refractivity (Wildman–Crippen MR) is 89.2 cm³/mol. The second-order valence-corrected chi connectivity index (χ2v) is 5.81. The Bertz CT molecular complexity index is 681. The van der Waals surface area contributed by atoms with E-state index in [-0.39, 0.29) is 12.4 Å². The number of hydrogen-bond donors (Lipinski definition) is 1. The van der Waals surface area contributed by atoms with E-state index in [9.17, 15) is 0 Å². The number of methoxy groups -OCH3 is 2. The molecule has 0 unspecified atom stereocenters. The summed E-state index contributed by atoms with van der Waals surface area (Å²) in [7, 11) is 3.21. The van der Waals surface area contributed by atoms with Gasteiger partial charge >= 0.3 is 0 Å². The van der Waals surface area contributed by atoms with Gasteiger partial charge in [0.1, 0.15) is 0 Å². The Morgan fingerprint density at radius 2 is 1.74 bits per heavy atom. The molecule has 1 fully saturated rings. The normalized spacial score (nSPS) is 16.0. The molecule has 3 rings (SSSR count). The lowest BCUT2D eigenvalue weighted by atomic mass is 9.98. The van der Waals surface area contributed by atoms with Crippen molar-refractivity contribution in [1.82, 2.24) is 10.1 Å². The van der Waals surface area contributed by atoms with Gasteiger partial charge in [0, 0.05) is 5.56 Å². The summed E-state index contributed by atoms with van der Waals surface area (Å²) in [5.41, 5.74) is 7.74. The smallest absolute Gasteiger partial charge is 0.258 e. The summed E-state index contributed by atoms with van der Waals surface area (Å²) in [4.78, 5) is 4.53. The van der Waals surface area contributed by atoms with Gasteiger partial charge < -0.3 is 19.7 Å². The summed E-state index contributed by atoms with van der Waals surface area (Å²) < 4.78 is 16.1. The third-order valence-electron chi connectivity index (χ3n) is 4.33. The highest BCUT2D eigenvalue weighted by atomic mass is 35.5. The Hall–Kier alpha value is -1.79. The molecule has 0 atom stereocenters. The summed E-state index contributed by atoms with van der Waals surface area (Å²) in [5.74, 6) is 2.36. The first-order chi connectivity index (χ1) is 10.6. The highest BCUT2D eigenvalue weighted by Crippen LogP contribution is 2.38. The molecule has 0 bridgehead atoms. The van der Waals surface area contributed by atoms with Crippen LogP contribution in [0.1, 0.15) is 37.1 Å². The molecule has 1 heterocycles. The van der Waals surface area contributed by atoms with Crippen molar-refractivity contribution in [2.24, 2.45) is 5.73 Å². The van der Waals surface area contributed by atoms with Crippen LogP contribution in [0, 0.1) is 6.92 Å². The van der Waals surface area contributed by atoms with Crippen LogP contribution in [0.15, 0.2) is 16.7 Å². The third-order valence-corrected chi connectivity index (χ3v) is 4.33. The molecule has 23 heavy (non-hydrogen) atoms. The molecule has 1 saturated carbocycles. The Labute approximate surface area is 141 Å². The van der Waals surface area contributed by atoms with Crippen molar-refractivity contribution >= 4 is 12.4 Å². The minimum absolute atomic E-state index is 0. The lowest BCUT2D eigenvalue weighted by molar-refractivity contribution is 0.354. The summed E-state index contributed by atoms with van der Waals surface area (Å²) >= 11 is 0. The van der Waals surface area contributed by atoms with Crippen LogP contribution in [0.25, 0.3) is 11.5 Å². The zero-order chi connectivity index (χ0) is 15.7. The van der Waals surface area contributed by atoms with Crippen LogP contribution in [-0.2, 0) is 5.54 Å². The molecule has 6 nitrogen and oxygen atoms in total. The number of benzene rings is 1. The minimum atomic E-state index is -0.452. The maximum absolute atomic E-state index is 6.38. The summed E-state index contributed by atoms with van der Waals surface area (Å²) in [6.45, 7) is 1.97. The van der Waals surface area contributed by atoms with Gasteiger partial charge in [-0.05, 0) is 37.5 Å². The van der Waals surface area contributed by atoms with E-state index in [1.54, 1.807) is 14.2 Å². The van der Waals surface area contributed by atoms with E-state index in [4.69, 9.17) is 19.7 Å². The highest BCUT2D eigenvalue weighted by Gasteiger charge is 2.36. The molecule has 0 saturated heterocycles. The maximum Gasteiger partial charge on any atom is 0.258 e. The molecule has 2 N–H and O–H groups in total. The second-order valence-electron chi connectivity index (χ2n) is 5.81. The molecule has 1 aliphatic carbocycles. The van der Waals surface area contributed by atoms with Gasteiger partial charge in [0.15, 0.2) is 17.3 Å². The van der Waals surface area contributed by atoms with Gasteiger partial charge in [-0.2, -0.15) is 4.98 Å². The van der Waals surface area contributed by atoms with E-state index in [0.717, 1.165) is 36.8 Å². The maximum atomic E-state index is 6.38. The van der Waals surface area contributed by atoms with Crippen molar-refractivity contribution in [3.63, 3.8) is 0 Å². The minimum Gasteiger partial charge on any atom is -0.493 e. The zero-order valence-corrected chi connectivity index (χ0v) is 14.4. The van der Waals surface area contributed by atoms with Crippen molar-refractivity contribution < 1.29 is 14.0 Å². The van der Waals surface area contributed by atoms with Gasteiger partial charge in [-0.3, -0.25) is 0 Å². The molecule has 126 valence electrons. The molecule has 1 aromatic carbocycles. The van der Waals surface area contributed by atoms with Gasteiger partial charge in [-0.1, -0.05) is 18.0 Å².